The van der Waals surface area contributed by atoms with Gasteiger partial charge in [0.25, 0.3) is 11.8 Å². The Kier molecular flexibility index (Phi) is 5.59. The SMILES string of the molecule is CC(Oc1ccc(F)cc1)C(=O)NNC(=O)c1csc(-c2ccsc2)n1. The fourth-order valence-electron chi connectivity index (χ4n) is 1.95. The summed E-state index contributed by atoms with van der Waals surface area (Å²) in [5.74, 6) is -1.12. The van der Waals surface area contributed by atoms with Crippen LogP contribution < -0.4 is 15.6 Å². The Morgan fingerprint density at radius 3 is 2.62 bits per heavy atom. The number of carbonyl (C=O) groups excluding carboxylic acids is 2. The van der Waals surface area contributed by atoms with Crippen molar-refractivity contribution in [2.45, 2.75) is 13.0 Å². The molecular formula is C17H14FN3O3S2. The molecule has 0 fully saturated rings. The van der Waals surface area contributed by atoms with E-state index in [9.17, 15) is 14.0 Å². The zero-order valence-corrected chi connectivity index (χ0v) is 15.2. The molecule has 2 aromatic heterocycles. The molecule has 0 aliphatic rings. The molecule has 9 heteroatoms. The number of hydrogen-bond acceptors (Lipinski definition) is 6. The molecule has 26 heavy (non-hydrogen) atoms. The van der Waals surface area contributed by atoms with E-state index in [1.54, 1.807) is 16.7 Å². The number of ether oxygens (including phenoxy) is 1. The van der Waals surface area contributed by atoms with E-state index in [1.165, 1.54) is 42.5 Å². The highest BCUT2D eigenvalue weighted by Gasteiger charge is 2.17. The van der Waals surface area contributed by atoms with Gasteiger partial charge in [0, 0.05) is 16.3 Å². The number of benzene rings is 1. The van der Waals surface area contributed by atoms with Gasteiger partial charge in [0.2, 0.25) is 0 Å². The van der Waals surface area contributed by atoms with Gasteiger partial charge in [0.05, 0.1) is 0 Å². The predicted molar refractivity (Wildman–Crippen MR) is 97.5 cm³/mol. The summed E-state index contributed by atoms with van der Waals surface area (Å²) in [7, 11) is 0. The number of nitrogens with one attached hydrogen (secondary N) is 2. The zero-order valence-electron chi connectivity index (χ0n) is 13.6. The molecule has 1 unspecified atom stereocenters. The van der Waals surface area contributed by atoms with Crippen molar-refractivity contribution in [1.82, 2.24) is 15.8 Å². The summed E-state index contributed by atoms with van der Waals surface area (Å²) in [6.45, 7) is 1.52. The monoisotopic (exact) mass is 391 g/mol. The Balaban J connectivity index is 1.52. The van der Waals surface area contributed by atoms with E-state index < -0.39 is 23.7 Å². The van der Waals surface area contributed by atoms with E-state index in [1.807, 2.05) is 16.8 Å². The second-order valence-electron chi connectivity index (χ2n) is 5.21. The van der Waals surface area contributed by atoms with Crippen LogP contribution in [0.25, 0.3) is 10.6 Å². The van der Waals surface area contributed by atoms with E-state index in [0.717, 1.165) is 10.6 Å². The van der Waals surface area contributed by atoms with Crippen molar-refractivity contribution in [3.8, 4) is 16.3 Å². The summed E-state index contributed by atoms with van der Waals surface area (Å²) < 4.78 is 18.2. The van der Waals surface area contributed by atoms with Crippen LogP contribution in [0.15, 0.2) is 46.5 Å². The Morgan fingerprint density at radius 1 is 1.15 bits per heavy atom. The van der Waals surface area contributed by atoms with E-state index in [4.69, 9.17) is 4.74 Å². The normalized spacial score (nSPS) is 11.6. The minimum absolute atomic E-state index is 0.212. The number of hydrogen-bond donors (Lipinski definition) is 2. The first-order valence-corrected chi connectivity index (χ1v) is 9.35. The van der Waals surface area contributed by atoms with Gasteiger partial charge in [-0.25, -0.2) is 9.37 Å². The highest BCUT2D eigenvalue weighted by Crippen LogP contribution is 2.25. The van der Waals surface area contributed by atoms with E-state index in [-0.39, 0.29) is 5.69 Å². The summed E-state index contributed by atoms with van der Waals surface area (Å²) in [4.78, 5) is 28.3. The first-order chi connectivity index (χ1) is 12.5. The molecule has 2 heterocycles. The average molecular weight is 391 g/mol. The molecule has 1 aromatic carbocycles. The number of halogens is 1. The van der Waals surface area contributed by atoms with E-state index in [2.05, 4.69) is 15.8 Å². The molecule has 3 aromatic rings. The van der Waals surface area contributed by atoms with Crippen molar-refractivity contribution in [1.29, 1.82) is 0 Å². The molecule has 2 N–H and O–H groups in total. The predicted octanol–water partition coefficient (Wildman–Crippen LogP) is 3.24. The minimum Gasteiger partial charge on any atom is -0.481 e. The maximum Gasteiger partial charge on any atom is 0.289 e. The van der Waals surface area contributed by atoms with Gasteiger partial charge in [0.1, 0.15) is 22.3 Å². The summed E-state index contributed by atoms with van der Waals surface area (Å²) >= 11 is 2.89. The molecular weight excluding hydrogens is 377 g/mol. The molecule has 2 amide bonds. The largest absolute Gasteiger partial charge is 0.481 e. The number of amides is 2. The van der Waals surface area contributed by atoms with Gasteiger partial charge in [-0.3, -0.25) is 20.4 Å². The lowest BCUT2D eigenvalue weighted by Gasteiger charge is -2.14. The zero-order chi connectivity index (χ0) is 18.5. The molecule has 0 saturated carbocycles. The van der Waals surface area contributed by atoms with Crippen molar-refractivity contribution in [2.75, 3.05) is 0 Å². The summed E-state index contributed by atoms with van der Waals surface area (Å²) in [5, 5.41) is 6.22. The van der Waals surface area contributed by atoms with Gasteiger partial charge in [-0.1, -0.05) is 0 Å². The summed E-state index contributed by atoms with van der Waals surface area (Å²) in [5.41, 5.74) is 5.75. The van der Waals surface area contributed by atoms with Gasteiger partial charge in [-0.15, -0.1) is 11.3 Å². The molecule has 0 bridgehead atoms. The number of thiazole rings is 1. The molecule has 0 radical (unpaired) electrons. The Bertz CT molecular complexity index is 894. The van der Waals surface area contributed by atoms with Crippen LogP contribution in [0.3, 0.4) is 0 Å². The Hall–Kier alpha value is -2.78. The number of nitrogens with zero attached hydrogens (tertiary/aromatic N) is 1. The smallest absolute Gasteiger partial charge is 0.289 e. The van der Waals surface area contributed by atoms with Gasteiger partial charge >= 0.3 is 0 Å². The molecule has 0 aliphatic carbocycles. The molecule has 3 rings (SSSR count). The van der Waals surface area contributed by atoms with Crippen LogP contribution in [0, 0.1) is 5.82 Å². The second kappa shape index (κ2) is 8.07. The third kappa shape index (κ3) is 4.44. The molecule has 6 nitrogen and oxygen atoms in total. The van der Waals surface area contributed by atoms with Gasteiger partial charge in [-0.05, 0) is 42.6 Å². The van der Waals surface area contributed by atoms with Crippen molar-refractivity contribution in [3.63, 3.8) is 0 Å². The van der Waals surface area contributed by atoms with Gasteiger partial charge < -0.3 is 4.74 Å². The second-order valence-corrected chi connectivity index (χ2v) is 6.85. The maximum atomic E-state index is 12.9. The molecule has 0 aliphatic heterocycles. The van der Waals surface area contributed by atoms with Crippen molar-refractivity contribution in [2.24, 2.45) is 0 Å². The molecule has 0 spiro atoms. The van der Waals surface area contributed by atoms with Crippen LogP contribution in [-0.2, 0) is 4.79 Å². The average Bonchev–Trinajstić information content (AvgIpc) is 3.32. The third-order valence-electron chi connectivity index (χ3n) is 3.30. The maximum absolute atomic E-state index is 12.9. The topological polar surface area (TPSA) is 80.3 Å². The summed E-state index contributed by atoms with van der Waals surface area (Å²) in [6.07, 6.45) is -0.877. The standard InChI is InChI=1S/C17H14FN3O3S2/c1-10(24-13-4-2-12(18)3-5-13)15(22)20-21-16(23)14-9-26-17(19-14)11-6-7-25-8-11/h2-10H,1H3,(H,20,22)(H,21,23). The van der Waals surface area contributed by atoms with E-state index >= 15 is 0 Å². The fraction of sp³-hybridized carbons (Fsp3) is 0.118. The minimum atomic E-state index is -0.877. The lowest BCUT2D eigenvalue weighted by atomic mass is 10.3. The molecule has 1 atom stereocenters. The Labute approximate surface area is 156 Å². The van der Waals surface area contributed by atoms with Crippen LogP contribution in [0.2, 0.25) is 0 Å². The highest BCUT2D eigenvalue weighted by molar-refractivity contribution is 7.14. The highest BCUT2D eigenvalue weighted by atomic mass is 32.1. The summed E-state index contributed by atoms with van der Waals surface area (Å²) in [6, 6.07) is 7.21. The van der Waals surface area contributed by atoms with Crippen molar-refractivity contribution in [3.05, 3.63) is 58.0 Å². The number of carbonyl (C=O) groups is 2. The van der Waals surface area contributed by atoms with Crippen LogP contribution in [0.4, 0.5) is 4.39 Å². The first-order valence-electron chi connectivity index (χ1n) is 7.53. The number of rotatable bonds is 5. The number of hydrazine groups is 1. The quantitative estimate of drug-likeness (QED) is 0.655. The first kappa shape index (κ1) is 18.0. The third-order valence-corrected chi connectivity index (χ3v) is 4.87. The molecule has 0 saturated heterocycles. The lowest BCUT2D eigenvalue weighted by molar-refractivity contribution is -0.128. The van der Waals surface area contributed by atoms with Crippen molar-refractivity contribution < 1.29 is 18.7 Å². The van der Waals surface area contributed by atoms with Crippen LogP contribution >= 0.6 is 22.7 Å². The van der Waals surface area contributed by atoms with Crippen LogP contribution in [0.1, 0.15) is 17.4 Å². The number of thiophene rings is 1. The van der Waals surface area contributed by atoms with Crippen LogP contribution in [-0.4, -0.2) is 22.9 Å². The lowest BCUT2D eigenvalue weighted by Crippen LogP contribution is -2.47. The molecule has 134 valence electrons. The van der Waals surface area contributed by atoms with Gasteiger partial charge in [0.15, 0.2) is 6.10 Å². The number of aromatic nitrogens is 1. The van der Waals surface area contributed by atoms with E-state index in [0.29, 0.717) is 5.75 Å². The van der Waals surface area contributed by atoms with Crippen molar-refractivity contribution >= 4 is 34.5 Å². The Morgan fingerprint density at radius 2 is 1.92 bits per heavy atom. The van der Waals surface area contributed by atoms with Crippen LogP contribution in [0.5, 0.6) is 5.75 Å². The fourth-order valence-corrected chi connectivity index (χ4v) is 3.46. The van der Waals surface area contributed by atoms with Gasteiger partial charge in [-0.2, -0.15) is 11.3 Å².